The molecule has 0 amide bonds. The van der Waals surface area contributed by atoms with E-state index < -0.39 is 17.8 Å². The summed E-state index contributed by atoms with van der Waals surface area (Å²) in [7, 11) is 0. The second-order valence-electron chi connectivity index (χ2n) is 3.98. The number of rotatable bonds is 4. The highest BCUT2D eigenvalue weighted by molar-refractivity contribution is 5.78. The van der Waals surface area contributed by atoms with E-state index in [0.29, 0.717) is 0 Å². The van der Waals surface area contributed by atoms with Crippen molar-refractivity contribution in [2.24, 2.45) is 5.92 Å². The van der Waals surface area contributed by atoms with E-state index in [0.717, 1.165) is 6.07 Å². The zero-order valence-electron chi connectivity index (χ0n) is 9.57. The van der Waals surface area contributed by atoms with Gasteiger partial charge in [0.1, 0.15) is 23.5 Å². The van der Waals surface area contributed by atoms with E-state index in [4.69, 9.17) is 10.4 Å². The largest absolute Gasteiger partial charge is 0.480 e. The number of anilines is 1. The van der Waals surface area contributed by atoms with Crippen LogP contribution in [0.25, 0.3) is 0 Å². The highest BCUT2D eigenvalue weighted by Gasteiger charge is 2.22. The molecule has 4 nitrogen and oxygen atoms in total. The second kappa shape index (κ2) is 5.30. The Morgan fingerprint density at radius 3 is 2.65 bits per heavy atom. The fourth-order valence-corrected chi connectivity index (χ4v) is 1.44. The molecule has 1 aromatic carbocycles. The van der Waals surface area contributed by atoms with Crippen LogP contribution < -0.4 is 5.32 Å². The molecular formula is C12H13FN2O2. The van der Waals surface area contributed by atoms with Crippen LogP contribution in [0.3, 0.4) is 0 Å². The quantitative estimate of drug-likeness (QED) is 0.840. The average Bonchev–Trinajstić information content (AvgIpc) is 2.25. The number of carboxylic acids is 1. The van der Waals surface area contributed by atoms with Gasteiger partial charge in [0.2, 0.25) is 0 Å². The first-order valence-electron chi connectivity index (χ1n) is 5.15. The standard InChI is InChI=1S/C12H13FN2O2/c1-7(2)11(12(16)17)15-10-5-3-4-9(13)8(10)6-14/h3-5,7,11,15H,1-2H3,(H,16,17)/t11-/m1/s1. The Kier molecular flexibility index (Phi) is 4.05. The Balaban J connectivity index is 3.06. The van der Waals surface area contributed by atoms with Gasteiger partial charge in [-0.2, -0.15) is 5.26 Å². The van der Waals surface area contributed by atoms with Crippen LogP contribution in [0.2, 0.25) is 0 Å². The molecule has 0 aromatic heterocycles. The summed E-state index contributed by atoms with van der Waals surface area (Å²) in [6.45, 7) is 3.47. The summed E-state index contributed by atoms with van der Waals surface area (Å²) in [6, 6.07) is 4.94. The molecule has 0 saturated heterocycles. The number of hydrogen-bond acceptors (Lipinski definition) is 3. The van der Waals surface area contributed by atoms with E-state index in [1.54, 1.807) is 19.9 Å². The monoisotopic (exact) mass is 236 g/mol. The minimum Gasteiger partial charge on any atom is -0.480 e. The lowest BCUT2D eigenvalue weighted by molar-refractivity contribution is -0.138. The molecule has 1 aromatic rings. The van der Waals surface area contributed by atoms with Crippen molar-refractivity contribution in [1.82, 2.24) is 0 Å². The molecule has 90 valence electrons. The summed E-state index contributed by atoms with van der Waals surface area (Å²) in [6.07, 6.45) is 0. The number of aliphatic carboxylic acids is 1. The van der Waals surface area contributed by atoms with Crippen molar-refractivity contribution in [3.8, 4) is 6.07 Å². The number of nitrogens with zero attached hydrogens (tertiary/aromatic N) is 1. The van der Waals surface area contributed by atoms with Gasteiger partial charge in [-0.3, -0.25) is 0 Å². The van der Waals surface area contributed by atoms with E-state index in [1.807, 2.05) is 0 Å². The summed E-state index contributed by atoms with van der Waals surface area (Å²) in [5, 5.41) is 20.5. The van der Waals surface area contributed by atoms with Crippen molar-refractivity contribution in [3.05, 3.63) is 29.6 Å². The van der Waals surface area contributed by atoms with Crippen LogP contribution in [0, 0.1) is 23.1 Å². The van der Waals surface area contributed by atoms with Gasteiger partial charge >= 0.3 is 5.97 Å². The predicted octanol–water partition coefficient (Wildman–Crippen LogP) is 2.22. The maximum Gasteiger partial charge on any atom is 0.326 e. The van der Waals surface area contributed by atoms with Crippen molar-refractivity contribution < 1.29 is 14.3 Å². The molecule has 2 N–H and O–H groups in total. The zero-order valence-corrected chi connectivity index (χ0v) is 9.57. The Hall–Kier alpha value is -2.09. The molecule has 0 radical (unpaired) electrons. The Morgan fingerprint density at radius 1 is 1.53 bits per heavy atom. The van der Waals surface area contributed by atoms with Crippen molar-refractivity contribution in [3.63, 3.8) is 0 Å². The molecule has 0 saturated carbocycles. The van der Waals surface area contributed by atoms with Crippen LogP contribution in [-0.4, -0.2) is 17.1 Å². The minimum absolute atomic E-state index is 0.167. The van der Waals surface area contributed by atoms with Gasteiger partial charge in [0.05, 0.1) is 5.69 Å². The SMILES string of the molecule is CC(C)[C@@H](Nc1cccc(F)c1C#N)C(=O)O. The number of carboxylic acid groups (broad SMARTS) is 1. The van der Waals surface area contributed by atoms with Gasteiger partial charge in [0, 0.05) is 0 Å². The van der Waals surface area contributed by atoms with Gasteiger partial charge in [0.15, 0.2) is 0 Å². The molecule has 0 aliphatic carbocycles. The molecular weight excluding hydrogens is 223 g/mol. The summed E-state index contributed by atoms with van der Waals surface area (Å²) in [5.41, 5.74) is 0.0352. The van der Waals surface area contributed by atoms with Crippen LogP contribution >= 0.6 is 0 Å². The predicted molar refractivity (Wildman–Crippen MR) is 61.0 cm³/mol. The minimum atomic E-state index is -1.03. The van der Waals surface area contributed by atoms with Gasteiger partial charge in [-0.25, -0.2) is 9.18 Å². The van der Waals surface area contributed by atoms with Crippen molar-refractivity contribution in [2.75, 3.05) is 5.32 Å². The maximum atomic E-state index is 13.3. The van der Waals surface area contributed by atoms with Crippen molar-refractivity contribution in [2.45, 2.75) is 19.9 Å². The summed E-state index contributed by atoms with van der Waals surface area (Å²) in [5.74, 6) is -1.87. The highest BCUT2D eigenvalue weighted by atomic mass is 19.1. The first-order chi connectivity index (χ1) is 7.97. The molecule has 0 heterocycles. The molecule has 1 rings (SSSR count). The highest BCUT2D eigenvalue weighted by Crippen LogP contribution is 2.20. The van der Waals surface area contributed by atoms with Crippen molar-refractivity contribution in [1.29, 1.82) is 5.26 Å². The zero-order chi connectivity index (χ0) is 13.0. The van der Waals surface area contributed by atoms with E-state index in [2.05, 4.69) is 5.32 Å². The Bertz CT molecular complexity index is 466. The van der Waals surface area contributed by atoms with Crippen LogP contribution in [-0.2, 0) is 4.79 Å². The fourth-order valence-electron chi connectivity index (χ4n) is 1.44. The fraction of sp³-hybridized carbons (Fsp3) is 0.333. The van der Waals surface area contributed by atoms with Crippen LogP contribution in [0.15, 0.2) is 18.2 Å². The third-order valence-corrected chi connectivity index (χ3v) is 2.37. The molecule has 1 atom stereocenters. The number of hydrogen-bond donors (Lipinski definition) is 2. The van der Waals surface area contributed by atoms with Crippen LogP contribution in [0.5, 0.6) is 0 Å². The molecule has 17 heavy (non-hydrogen) atoms. The van der Waals surface area contributed by atoms with Crippen molar-refractivity contribution >= 4 is 11.7 Å². The van der Waals surface area contributed by atoms with Gasteiger partial charge in [0.25, 0.3) is 0 Å². The summed E-state index contributed by atoms with van der Waals surface area (Å²) in [4.78, 5) is 11.0. The Morgan fingerprint density at radius 2 is 2.18 bits per heavy atom. The van der Waals surface area contributed by atoms with E-state index in [9.17, 15) is 9.18 Å². The lowest BCUT2D eigenvalue weighted by atomic mass is 10.0. The molecule has 0 aliphatic heterocycles. The second-order valence-corrected chi connectivity index (χ2v) is 3.98. The van der Waals surface area contributed by atoms with Gasteiger partial charge in [-0.1, -0.05) is 19.9 Å². The van der Waals surface area contributed by atoms with Crippen LogP contribution in [0.4, 0.5) is 10.1 Å². The van der Waals surface area contributed by atoms with Gasteiger partial charge < -0.3 is 10.4 Å². The van der Waals surface area contributed by atoms with E-state index >= 15 is 0 Å². The topological polar surface area (TPSA) is 73.1 Å². The number of nitriles is 1. The molecule has 0 unspecified atom stereocenters. The average molecular weight is 236 g/mol. The third kappa shape index (κ3) is 2.94. The molecule has 0 aliphatic rings. The first kappa shape index (κ1) is 13.0. The normalized spacial score (nSPS) is 11.9. The molecule has 5 heteroatoms. The number of carbonyl (C=O) groups is 1. The summed E-state index contributed by atoms with van der Waals surface area (Å²) >= 11 is 0. The smallest absolute Gasteiger partial charge is 0.326 e. The molecule has 0 spiro atoms. The third-order valence-electron chi connectivity index (χ3n) is 2.37. The number of halogens is 1. The lowest BCUT2D eigenvalue weighted by Crippen LogP contribution is -2.34. The first-order valence-corrected chi connectivity index (χ1v) is 5.15. The molecule has 0 bridgehead atoms. The van der Waals surface area contributed by atoms with Gasteiger partial charge in [-0.15, -0.1) is 0 Å². The lowest BCUT2D eigenvalue weighted by Gasteiger charge is -2.19. The molecule has 0 fully saturated rings. The van der Waals surface area contributed by atoms with E-state index in [1.165, 1.54) is 12.1 Å². The number of benzene rings is 1. The van der Waals surface area contributed by atoms with E-state index in [-0.39, 0.29) is 17.2 Å². The maximum absolute atomic E-state index is 13.3. The van der Waals surface area contributed by atoms with Crippen LogP contribution in [0.1, 0.15) is 19.4 Å². The number of nitrogens with one attached hydrogen (secondary N) is 1. The Labute approximate surface area is 98.7 Å². The van der Waals surface area contributed by atoms with Gasteiger partial charge in [-0.05, 0) is 18.1 Å². The summed E-state index contributed by atoms with van der Waals surface area (Å²) < 4.78 is 13.3.